The fraction of sp³-hybridized carbons (Fsp3) is 0.438. The lowest BCUT2D eigenvalue weighted by Crippen LogP contribution is -2.41. The van der Waals surface area contributed by atoms with Crippen molar-refractivity contribution in [3.63, 3.8) is 0 Å². The van der Waals surface area contributed by atoms with E-state index in [1.54, 1.807) is 0 Å². The second-order valence-corrected chi connectivity index (χ2v) is 7.90. The number of hydrogen-bond acceptors (Lipinski definition) is 5. The van der Waals surface area contributed by atoms with E-state index in [4.69, 9.17) is 4.74 Å². The number of ether oxygens (including phenoxy) is 1. The number of hydrogen-bond donors (Lipinski definition) is 3. The number of H-pyrrole nitrogens is 1. The summed E-state index contributed by atoms with van der Waals surface area (Å²) in [6.45, 7) is 7.69. The maximum Gasteiger partial charge on any atom is 0.339 e. The molecular weight excluding hydrogens is 330 g/mol. The molecule has 0 radical (unpaired) electrons. The van der Waals surface area contributed by atoms with Crippen molar-refractivity contribution in [2.45, 2.75) is 45.3 Å². The molecule has 1 aliphatic heterocycles. The molecule has 0 saturated heterocycles. The molecule has 2 aromatic heterocycles. The molecule has 0 aliphatic carbocycles. The number of fused-ring (bicyclic) bond motifs is 1. The van der Waals surface area contributed by atoms with Crippen LogP contribution in [0, 0.1) is 0 Å². The van der Waals surface area contributed by atoms with Gasteiger partial charge in [-0.15, -0.1) is 11.3 Å². The summed E-state index contributed by atoms with van der Waals surface area (Å²) in [6.07, 6.45) is 2.01. The molecule has 1 amide bonds. The third kappa shape index (κ3) is 2.83. The van der Waals surface area contributed by atoms with Crippen LogP contribution in [-0.2, 0) is 16.8 Å². The first-order valence-corrected chi connectivity index (χ1v) is 8.33. The maximum absolute atomic E-state index is 12.2. The first-order valence-electron chi connectivity index (χ1n) is 7.51. The van der Waals surface area contributed by atoms with E-state index >= 15 is 0 Å². The molecule has 8 heteroatoms. The van der Waals surface area contributed by atoms with E-state index in [9.17, 15) is 14.7 Å². The van der Waals surface area contributed by atoms with Crippen LogP contribution in [0.15, 0.2) is 12.3 Å². The van der Waals surface area contributed by atoms with Crippen LogP contribution in [0.2, 0.25) is 0 Å². The number of rotatable bonds is 3. The van der Waals surface area contributed by atoms with Gasteiger partial charge >= 0.3 is 5.97 Å². The van der Waals surface area contributed by atoms with Gasteiger partial charge in [0.2, 0.25) is 0 Å². The molecule has 3 heterocycles. The van der Waals surface area contributed by atoms with Gasteiger partial charge in [0.15, 0.2) is 0 Å². The molecule has 3 rings (SSSR count). The molecule has 0 saturated carbocycles. The van der Waals surface area contributed by atoms with Gasteiger partial charge < -0.3 is 15.2 Å². The fourth-order valence-corrected chi connectivity index (χ4v) is 4.43. The molecule has 3 N–H and O–H groups in total. The van der Waals surface area contributed by atoms with E-state index in [-0.39, 0.29) is 11.3 Å². The quantitative estimate of drug-likeness (QED) is 0.790. The van der Waals surface area contributed by atoms with Crippen LogP contribution >= 0.6 is 11.3 Å². The number of aromatic amines is 1. The molecule has 0 fully saturated rings. The predicted octanol–water partition coefficient (Wildman–Crippen LogP) is 3.01. The van der Waals surface area contributed by atoms with Crippen LogP contribution in [0.1, 0.15) is 59.0 Å². The Balaban J connectivity index is 2.07. The Kier molecular flexibility index (Phi) is 3.76. The molecule has 7 nitrogen and oxygen atoms in total. The lowest BCUT2D eigenvalue weighted by atomic mass is 9.86. The van der Waals surface area contributed by atoms with E-state index in [0.29, 0.717) is 11.4 Å². The molecule has 1 aliphatic rings. The minimum Gasteiger partial charge on any atom is -0.478 e. The Hall–Kier alpha value is -2.19. The molecule has 0 atom stereocenters. The number of amides is 1. The molecule has 0 spiro atoms. The molecule has 0 unspecified atom stereocenters. The number of anilines is 1. The molecule has 24 heavy (non-hydrogen) atoms. The predicted molar refractivity (Wildman–Crippen MR) is 89.7 cm³/mol. The van der Waals surface area contributed by atoms with Gasteiger partial charge in [0, 0.05) is 17.5 Å². The van der Waals surface area contributed by atoms with E-state index in [0.717, 1.165) is 10.4 Å². The zero-order valence-corrected chi connectivity index (χ0v) is 14.7. The average molecular weight is 349 g/mol. The van der Waals surface area contributed by atoms with Gasteiger partial charge in [0.1, 0.15) is 10.7 Å². The summed E-state index contributed by atoms with van der Waals surface area (Å²) >= 11 is 1.25. The summed E-state index contributed by atoms with van der Waals surface area (Å²) in [4.78, 5) is 24.9. The van der Waals surface area contributed by atoms with Crippen molar-refractivity contribution in [1.29, 1.82) is 0 Å². The first-order chi connectivity index (χ1) is 11.1. The van der Waals surface area contributed by atoms with Gasteiger partial charge in [-0.05, 0) is 39.3 Å². The summed E-state index contributed by atoms with van der Waals surface area (Å²) in [6, 6.07) is 1.53. The summed E-state index contributed by atoms with van der Waals surface area (Å²) in [5.41, 5.74) is -0.0325. The smallest absolute Gasteiger partial charge is 0.339 e. The molecule has 0 bridgehead atoms. The minimum atomic E-state index is -1.06. The van der Waals surface area contributed by atoms with Crippen molar-refractivity contribution in [3.05, 3.63) is 34.0 Å². The number of carbonyl (C=O) groups is 2. The van der Waals surface area contributed by atoms with Crippen molar-refractivity contribution < 1.29 is 19.4 Å². The summed E-state index contributed by atoms with van der Waals surface area (Å²) in [7, 11) is 0. The highest BCUT2D eigenvalue weighted by atomic mass is 32.1. The number of thiophene rings is 1. The van der Waals surface area contributed by atoms with Gasteiger partial charge in [0.05, 0.1) is 16.8 Å². The number of carboxylic acids is 1. The first kappa shape index (κ1) is 16.7. The SMILES string of the molecule is CC1(C)Cc2c(sc(NC(=O)c3cc[nH]n3)c2C(=O)O)C(C)(C)O1. The topological polar surface area (TPSA) is 104 Å². The highest BCUT2D eigenvalue weighted by Crippen LogP contribution is 2.48. The molecule has 128 valence electrons. The largest absolute Gasteiger partial charge is 0.478 e. The zero-order chi connectivity index (χ0) is 17.7. The standard InChI is InChI=1S/C16H19N3O4S/c1-15(2)7-8-10(14(21)22)13(24-11(8)16(3,4)23-15)18-12(20)9-5-6-17-19-9/h5-6H,7H2,1-4H3,(H,17,19)(H,18,20)(H,21,22). The second-order valence-electron chi connectivity index (χ2n) is 6.88. The second kappa shape index (κ2) is 5.42. The van der Waals surface area contributed by atoms with Gasteiger partial charge in [-0.2, -0.15) is 5.10 Å². The molecular formula is C16H19N3O4S. The Morgan fingerprint density at radius 2 is 2.08 bits per heavy atom. The highest BCUT2D eigenvalue weighted by molar-refractivity contribution is 7.17. The van der Waals surface area contributed by atoms with E-state index in [1.807, 2.05) is 27.7 Å². The average Bonchev–Trinajstić information content (AvgIpc) is 3.03. The van der Waals surface area contributed by atoms with Crippen molar-refractivity contribution in [2.75, 3.05) is 5.32 Å². The Morgan fingerprint density at radius 3 is 2.67 bits per heavy atom. The lowest BCUT2D eigenvalue weighted by molar-refractivity contribution is -0.135. The minimum absolute atomic E-state index is 0.142. The van der Waals surface area contributed by atoms with Gasteiger partial charge in [0.25, 0.3) is 5.91 Å². The molecule has 0 aromatic carbocycles. The number of aromatic nitrogens is 2. The van der Waals surface area contributed by atoms with Gasteiger partial charge in [-0.25, -0.2) is 4.79 Å². The van der Waals surface area contributed by atoms with E-state index in [1.165, 1.54) is 23.6 Å². The van der Waals surface area contributed by atoms with Crippen LogP contribution in [0.3, 0.4) is 0 Å². The van der Waals surface area contributed by atoms with Gasteiger partial charge in [-0.1, -0.05) is 0 Å². The number of aromatic carboxylic acids is 1. The van der Waals surface area contributed by atoms with Crippen LogP contribution in [0.5, 0.6) is 0 Å². The van der Waals surface area contributed by atoms with Crippen molar-refractivity contribution in [3.8, 4) is 0 Å². The van der Waals surface area contributed by atoms with Crippen molar-refractivity contribution >= 4 is 28.2 Å². The Morgan fingerprint density at radius 1 is 1.38 bits per heavy atom. The summed E-state index contributed by atoms with van der Waals surface area (Å²) in [5, 5.41) is 19.1. The maximum atomic E-state index is 12.2. The Bertz CT molecular complexity index is 806. The number of carboxylic acid groups (broad SMARTS) is 1. The normalized spacial score (nSPS) is 18.0. The summed E-state index contributed by atoms with van der Waals surface area (Å²) in [5.74, 6) is -1.51. The fourth-order valence-electron chi connectivity index (χ4n) is 3.19. The highest BCUT2D eigenvalue weighted by Gasteiger charge is 2.43. The number of nitrogens with zero attached hydrogens (tertiary/aromatic N) is 1. The zero-order valence-electron chi connectivity index (χ0n) is 13.9. The monoisotopic (exact) mass is 349 g/mol. The lowest BCUT2D eigenvalue weighted by Gasteiger charge is -2.41. The Labute approximate surface area is 143 Å². The van der Waals surface area contributed by atoms with Crippen molar-refractivity contribution in [2.24, 2.45) is 0 Å². The molecule has 2 aromatic rings. The van der Waals surface area contributed by atoms with E-state index < -0.39 is 23.1 Å². The van der Waals surface area contributed by atoms with Crippen molar-refractivity contribution in [1.82, 2.24) is 10.2 Å². The number of nitrogens with one attached hydrogen (secondary N) is 2. The third-order valence-corrected chi connectivity index (χ3v) is 5.31. The van der Waals surface area contributed by atoms with E-state index in [2.05, 4.69) is 15.5 Å². The van der Waals surface area contributed by atoms with Crippen LogP contribution < -0.4 is 5.32 Å². The van der Waals surface area contributed by atoms with Crippen LogP contribution in [-0.4, -0.2) is 32.8 Å². The third-order valence-electron chi connectivity index (χ3n) is 3.86. The summed E-state index contributed by atoms with van der Waals surface area (Å²) < 4.78 is 6.10. The van der Waals surface area contributed by atoms with Gasteiger partial charge in [-0.3, -0.25) is 9.89 Å². The van der Waals surface area contributed by atoms with Crippen LogP contribution in [0.4, 0.5) is 5.00 Å². The number of carbonyl (C=O) groups excluding carboxylic acids is 1. The van der Waals surface area contributed by atoms with Crippen LogP contribution in [0.25, 0.3) is 0 Å².